The van der Waals surface area contributed by atoms with Gasteiger partial charge in [0.25, 0.3) is 0 Å². The van der Waals surface area contributed by atoms with Crippen molar-refractivity contribution in [3.63, 3.8) is 0 Å². The van der Waals surface area contributed by atoms with Crippen molar-refractivity contribution >= 4 is 0 Å². The van der Waals surface area contributed by atoms with Crippen LogP contribution in [0.5, 0.6) is 0 Å². The molecule has 0 aliphatic heterocycles. The van der Waals surface area contributed by atoms with Gasteiger partial charge < -0.3 is 4.74 Å². The Hall–Kier alpha value is -1.64. The van der Waals surface area contributed by atoms with Crippen LogP contribution in [0.3, 0.4) is 0 Å². The molecule has 0 spiro atoms. The van der Waals surface area contributed by atoms with Crippen molar-refractivity contribution in [1.82, 2.24) is 4.90 Å². The van der Waals surface area contributed by atoms with Crippen LogP contribution in [0.2, 0.25) is 0 Å². The minimum atomic E-state index is -0.208. The molecule has 0 radical (unpaired) electrons. The summed E-state index contributed by atoms with van der Waals surface area (Å²) in [4.78, 5) is 2.42. The third kappa shape index (κ3) is 9.74. The van der Waals surface area contributed by atoms with Gasteiger partial charge in [-0.05, 0) is 36.8 Å². The minimum Gasteiger partial charge on any atom is -0.374 e. The maximum atomic E-state index is 6.24. The predicted octanol–water partition coefficient (Wildman–Crippen LogP) is 6.02. The molecular formula is C24H37NO. The molecule has 2 nitrogen and oxygen atoms in total. The van der Waals surface area contributed by atoms with Crippen molar-refractivity contribution in [3.8, 4) is 0 Å². The Labute approximate surface area is 161 Å². The third-order valence-electron chi connectivity index (χ3n) is 4.20. The second-order valence-electron chi connectivity index (χ2n) is 8.73. The van der Waals surface area contributed by atoms with Gasteiger partial charge in [0.1, 0.15) is 0 Å². The molecule has 1 aromatic rings. The predicted molar refractivity (Wildman–Crippen MR) is 114 cm³/mol. The summed E-state index contributed by atoms with van der Waals surface area (Å²) in [6.07, 6.45) is 6.82. The van der Waals surface area contributed by atoms with Crippen LogP contribution in [0.1, 0.15) is 46.6 Å². The lowest BCUT2D eigenvalue weighted by Gasteiger charge is -2.34. The van der Waals surface area contributed by atoms with E-state index in [1.54, 1.807) is 0 Å². The second kappa shape index (κ2) is 10.5. The number of nitrogens with zero attached hydrogens (tertiary/aromatic N) is 1. The van der Waals surface area contributed by atoms with Gasteiger partial charge in [-0.15, -0.1) is 0 Å². The van der Waals surface area contributed by atoms with Crippen LogP contribution in [-0.2, 0) is 11.3 Å². The van der Waals surface area contributed by atoms with Gasteiger partial charge in [0.2, 0.25) is 0 Å². The highest BCUT2D eigenvalue weighted by molar-refractivity contribution is 5.23. The maximum absolute atomic E-state index is 6.24. The highest BCUT2D eigenvalue weighted by Crippen LogP contribution is 2.21. The molecule has 144 valence electrons. The fourth-order valence-electron chi connectivity index (χ4n) is 2.82. The van der Waals surface area contributed by atoms with Crippen LogP contribution in [0.25, 0.3) is 0 Å². The number of hydrogen-bond donors (Lipinski definition) is 0. The molecule has 0 atom stereocenters. The quantitative estimate of drug-likeness (QED) is 0.450. The van der Waals surface area contributed by atoms with Gasteiger partial charge in [0.05, 0.1) is 5.60 Å². The van der Waals surface area contributed by atoms with Crippen molar-refractivity contribution in [2.45, 2.75) is 53.2 Å². The summed E-state index contributed by atoms with van der Waals surface area (Å²) in [6, 6.07) is 10.6. The number of hydrogen-bond acceptors (Lipinski definition) is 2. The van der Waals surface area contributed by atoms with Crippen molar-refractivity contribution in [2.75, 3.05) is 19.7 Å². The lowest BCUT2D eigenvalue weighted by Crippen LogP contribution is -2.41. The summed E-state index contributed by atoms with van der Waals surface area (Å²) in [7, 11) is 0. The first-order chi connectivity index (χ1) is 12.1. The number of allylic oxidation sites excluding steroid dienone is 2. The first-order valence-electron chi connectivity index (χ1n) is 9.49. The van der Waals surface area contributed by atoms with Gasteiger partial charge in [-0.1, -0.05) is 82.5 Å². The summed E-state index contributed by atoms with van der Waals surface area (Å²) >= 11 is 0. The lowest BCUT2D eigenvalue weighted by molar-refractivity contribution is -0.0481. The highest BCUT2D eigenvalue weighted by atomic mass is 16.5. The summed E-state index contributed by atoms with van der Waals surface area (Å²) in [5.74, 6) is 0. The molecule has 0 unspecified atom stereocenters. The van der Waals surface area contributed by atoms with Gasteiger partial charge in [0.15, 0.2) is 0 Å². The van der Waals surface area contributed by atoms with E-state index in [2.05, 4.69) is 83.0 Å². The Morgan fingerprint density at radius 2 is 1.73 bits per heavy atom. The first kappa shape index (κ1) is 22.4. The van der Waals surface area contributed by atoms with Gasteiger partial charge in [-0.3, -0.25) is 4.90 Å². The highest BCUT2D eigenvalue weighted by Gasteiger charge is 2.24. The molecule has 0 amide bonds. The summed E-state index contributed by atoms with van der Waals surface area (Å²) < 4.78 is 6.24. The Balaban J connectivity index is 2.80. The first-order valence-corrected chi connectivity index (χ1v) is 9.49. The Kier molecular flexibility index (Phi) is 9.04. The van der Waals surface area contributed by atoms with Crippen LogP contribution in [-0.4, -0.2) is 30.2 Å². The zero-order valence-corrected chi connectivity index (χ0v) is 17.4. The largest absolute Gasteiger partial charge is 0.374 e. The summed E-state index contributed by atoms with van der Waals surface area (Å²) in [5, 5.41) is 0. The molecule has 0 bridgehead atoms. The zero-order valence-electron chi connectivity index (χ0n) is 17.4. The van der Waals surface area contributed by atoms with Gasteiger partial charge in [-0.25, -0.2) is 0 Å². The second-order valence-corrected chi connectivity index (χ2v) is 8.73. The van der Waals surface area contributed by atoms with E-state index in [1.807, 2.05) is 18.2 Å². The fraction of sp³-hybridized carbons (Fsp3) is 0.500. The fourth-order valence-corrected chi connectivity index (χ4v) is 2.82. The van der Waals surface area contributed by atoms with Crippen molar-refractivity contribution in [3.05, 3.63) is 72.9 Å². The number of benzene rings is 1. The molecule has 0 heterocycles. The molecule has 0 aliphatic rings. The standard InChI is InChI=1S/C24H37NO/c1-8-13-21(9-2)18-25(19-22-14-11-10-12-15-22)20-24(6,7)26-17-16-23(3,4)5/h8-15H,1-2,16-20H2,3-7H3/b21-13+. The van der Waals surface area contributed by atoms with Crippen LogP contribution in [0.4, 0.5) is 0 Å². The maximum Gasteiger partial charge on any atom is 0.0753 e. The molecule has 1 rings (SSSR count). The SMILES string of the molecule is C=C/C=C(\C=C)CN(Cc1ccccc1)CC(C)(C)OCCC(C)(C)C. The average Bonchev–Trinajstić information content (AvgIpc) is 2.53. The minimum absolute atomic E-state index is 0.208. The van der Waals surface area contributed by atoms with E-state index >= 15 is 0 Å². The topological polar surface area (TPSA) is 12.5 Å². The van der Waals surface area contributed by atoms with Gasteiger partial charge in [-0.2, -0.15) is 0 Å². The van der Waals surface area contributed by atoms with E-state index in [-0.39, 0.29) is 5.60 Å². The summed E-state index contributed by atoms with van der Waals surface area (Å²) in [5.41, 5.74) is 2.56. The number of ether oxygens (including phenoxy) is 1. The lowest BCUT2D eigenvalue weighted by atomic mass is 9.93. The van der Waals surface area contributed by atoms with Crippen LogP contribution in [0.15, 0.2) is 67.3 Å². The van der Waals surface area contributed by atoms with Crippen LogP contribution in [0, 0.1) is 5.41 Å². The molecule has 0 N–H and O–H groups in total. The molecule has 0 aliphatic carbocycles. The monoisotopic (exact) mass is 355 g/mol. The summed E-state index contributed by atoms with van der Waals surface area (Å²) in [6.45, 7) is 22.2. The van der Waals surface area contributed by atoms with Gasteiger partial charge >= 0.3 is 0 Å². The average molecular weight is 356 g/mol. The van der Waals surface area contributed by atoms with E-state index in [0.717, 1.165) is 32.7 Å². The van der Waals surface area contributed by atoms with Crippen LogP contribution >= 0.6 is 0 Å². The van der Waals surface area contributed by atoms with Crippen molar-refractivity contribution < 1.29 is 4.74 Å². The Bertz CT molecular complexity index is 578. The molecule has 2 heteroatoms. The third-order valence-corrected chi connectivity index (χ3v) is 4.20. The van der Waals surface area contributed by atoms with Gasteiger partial charge in [0, 0.05) is 26.2 Å². The van der Waals surface area contributed by atoms with Crippen molar-refractivity contribution in [1.29, 1.82) is 0 Å². The smallest absolute Gasteiger partial charge is 0.0753 e. The Morgan fingerprint density at radius 3 is 2.27 bits per heavy atom. The van der Waals surface area contributed by atoms with E-state index in [9.17, 15) is 0 Å². The molecule has 0 saturated heterocycles. The molecule has 1 aromatic carbocycles. The van der Waals surface area contributed by atoms with Crippen molar-refractivity contribution in [2.24, 2.45) is 5.41 Å². The zero-order chi connectivity index (χ0) is 19.6. The van der Waals surface area contributed by atoms with E-state index in [0.29, 0.717) is 5.41 Å². The van der Waals surface area contributed by atoms with E-state index in [4.69, 9.17) is 4.74 Å². The van der Waals surface area contributed by atoms with Crippen LogP contribution < -0.4 is 0 Å². The molecule has 26 heavy (non-hydrogen) atoms. The molecule has 0 aromatic heterocycles. The van der Waals surface area contributed by atoms with E-state index < -0.39 is 0 Å². The molecule has 0 saturated carbocycles. The molecular weight excluding hydrogens is 318 g/mol. The van der Waals surface area contributed by atoms with E-state index in [1.165, 1.54) is 11.1 Å². The Morgan fingerprint density at radius 1 is 1.08 bits per heavy atom. The number of rotatable bonds is 11. The molecule has 0 fully saturated rings. The normalized spacial score (nSPS) is 13.1.